The summed E-state index contributed by atoms with van der Waals surface area (Å²) >= 11 is 1.14. The third-order valence-electron chi connectivity index (χ3n) is 8.74. The summed E-state index contributed by atoms with van der Waals surface area (Å²) < 4.78 is 6.91. The van der Waals surface area contributed by atoms with E-state index in [1.807, 2.05) is 85.2 Å². The monoisotopic (exact) mass is 884 g/mol. The Bertz CT molecular complexity index is 2040. The molecule has 6 aromatic rings. The Kier molecular flexibility index (Phi) is 19.1. The molecule has 0 bridgehead atoms. The second kappa shape index (κ2) is 24.6. The van der Waals surface area contributed by atoms with Gasteiger partial charge in [-0.25, -0.2) is 0 Å². The Hall–Kier alpha value is -4.70. The Labute approximate surface area is 334 Å². The van der Waals surface area contributed by atoms with Gasteiger partial charge in [0, 0.05) is 69.5 Å². The van der Waals surface area contributed by atoms with Crippen molar-refractivity contribution >= 4 is 38.0 Å². The van der Waals surface area contributed by atoms with Crippen LogP contribution in [-0.2, 0) is 0 Å². The van der Waals surface area contributed by atoms with Gasteiger partial charge in [0.05, 0.1) is 11.9 Å². The van der Waals surface area contributed by atoms with E-state index >= 15 is 0 Å². The van der Waals surface area contributed by atoms with Crippen molar-refractivity contribution in [2.75, 3.05) is 0 Å². The molecule has 2 aromatic carbocycles. The van der Waals surface area contributed by atoms with E-state index in [1.165, 1.54) is 55.5 Å². The fraction of sp³-hybridized carbons (Fsp3) is 0.261. The molecule has 0 N–H and O–H groups in total. The summed E-state index contributed by atoms with van der Waals surface area (Å²) in [6.07, 6.45) is 26.0. The van der Waals surface area contributed by atoms with Gasteiger partial charge >= 0.3 is 123 Å². The first-order valence-corrected chi connectivity index (χ1v) is 27.0. The summed E-state index contributed by atoms with van der Waals surface area (Å²) in [7, 11) is 0. The predicted octanol–water partition coefficient (Wildman–Crippen LogP) is 10.7. The van der Waals surface area contributed by atoms with Crippen LogP contribution in [-0.4, -0.2) is 48.3 Å². The molecule has 0 aliphatic rings. The molecule has 0 amide bonds. The van der Waals surface area contributed by atoms with E-state index in [9.17, 15) is 0 Å². The number of pyridine rings is 2. The fourth-order valence-corrected chi connectivity index (χ4v) is 21.4. The standard InChI is InChI=1S/C17H11N3.C13H8BrN.C4H3N2.3C4H9.Sn/c1-2-15(5-4-14-6-8-18-9-7-14)12-16(3-1)17-13-19-10-11-20-17;14-13-3-1-2-12(10-13)5-4-11-6-8-15-9-7-11;1-2-6-4-3-5-1;3*1-3-4-2;/h1-3,6-13H;1-3,6-10H;1-3H;3*1,3-4H2,2H3;. The second-order valence-corrected chi connectivity index (χ2v) is 26.8. The van der Waals surface area contributed by atoms with Crippen molar-refractivity contribution in [3.63, 3.8) is 0 Å². The van der Waals surface area contributed by atoms with Gasteiger partial charge in [-0.3, -0.25) is 19.9 Å². The average molecular weight is 885 g/mol. The summed E-state index contributed by atoms with van der Waals surface area (Å²) in [4.78, 5) is 25.4. The summed E-state index contributed by atoms with van der Waals surface area (Å²) in [5, 5.41) is 0. The third kappa shape index (κ3) is 15.0. The second-order valence-electron chi connectivity index (χ2n) is 12.8. The van der Waals surface area contributed by atoms with Crippen LogP contribution in [0.5, 0.6) is 0 Å². The molecular weight excluding hydrogens is 835 g/mol. The maximum absolute atomic E-state index is 4.74. The van der Waals surface area contributed by atoms with Gasteiger partial charge in [0.1, 0.15) is 0 Å². The van der Waals surface area contributed by atoms with Crippen molar-refractivity contribution in [1.29, 1.82) is 0 Å². The summed E-state index contributed by atoms with van der Waals surface area (Å²) in [6.45, 7) is 6.94. The molecule has 0 saturated heterocycles. The molecule has 0 aliphatic carbocycles. The number of benzene rings is 2. The first-order chi connectivity index (χ1) is 26.5. The Morgan fingerprint density at radius 3 is 1.48 bits per heavy atom. The fourth-order valence-electron chi connectivity index (χ4n) is 5.81. The van der Waals surface area contributed by atoms with Crippen molar-refractivity contribution in [2.24, 2.45) is 0 Å². The first-order valence-electron chi connectivity index (χ1n) is 18.8. The van der Waals surface area contributed by atoms with Crippen molar-refractivity contribution in [2.45, 2.75) is 72.6 Å². The normalized spacial score (nSPS) is 10.2. The number of hydrogen-bond donors (Lipinski definition) is 0. The number of nitrogens with zero attached hydrogens (tertiary/aromatic N) is 6. The average Bonchev–Trinajstić information content (AvgIpc) is 3.24. The van der Waals surface area contributed by atoms with E-state index in [1.54, 1.807) is 43.4 Å². The topological polar surface area (TPSA) is 77.3 Å². The summed E-state index contributed by atoms with van der Waals surface area (Å²) in [5.74, 6) is 12.4. The minimum absolute atomic E-state index is 0.847. The van der Waals surface area contributed by atoms with Crippen LogP contribution in [0, 0.1) is 23.7 Å². The van der Waals surface area contributed by atoms with Gasteiger partial charge in [-0.2, -0.15) is 0 Å². The molecule has 6 nitrogen and oxygen atoms in total. The van der Waals surface area contributed by atoms with Gasteiger partial charge in [-0.05, 0) is 54.6 Å². The van der Waals surface area contributed by atoms with Crippen molar-refractivity contribution < 1.29 is 0 Å². The summed E-state index contributed by atoms with van der Waals surface area (Å²) in [6, 6.07) is 23.5. The number of unbranched alkanes of at least 4 members (excludes halogenated alkanes) is 3. The molecule has 274 valence electrons. The Morgan fingerprint density at radius 2 is 1.00 bits per heavy atom. The number of rotatable bonds is 11. The van der Waals surface area contributed by atoms with Crippen molar-refractivity contribution in [3.8, 4) is 34.9 Å². The van der Waals surface area contributed by atoms with Crippen LogP contribution in [0.2, 0.25) is 13.3 Å². The van der Waals surface area contributed by atoms with Crippen LogP contribution in [0.3, 0.4) is 0 Å². The number of hydrogen-bond acceptors (Lipinski definition) is 6. The molecular formula is C46H49BrN6Sn. The van der Waals surface area contributed by atoms with Gasteiger partial charge in [-0.1, -0.05) is 57.8 Å². The Balaban J connectivity index is 0.000000182. The molecule has 4 aromatic heterocycles. The number of aromatic nitrogens is 6. The zero-order valence-electron chi connectivity index (χ0n) is 31.6. The Morgan fingerprint density at radius 1 is 0.500 bits per heavy atom. The van der Waals surface area contributed by atoms with Crippen LogP contribution >= 0.6 is 15.9 Å². The van der Waals surface area contributed by atoms with Crippen molar-refractivity contribution in [1.82, 2.24) is 29.9 Å². The molecule has 0 atom stereocenters. The molecule has 0 aliphatic heterocycles. The van der Waals surface area contributed by atoms with Crippen LogP contribution in [0.15, 0.2) is 139 Å². The molecule has 8 heteroatoms. The zero-order valence-corrected chi connectivity index (χ0v) is 36.1. The quantitative estimate of drug-likeness (QED) is 0.0953. The molecule has 54 heavy (non-hydrogen) atoms. The molecule has 0 unspecified atom stereocenters. The summed E-state index contributed by atoms with van der Waals surface area (Å²) in [5.41, 5.74) is 5.74. The minimum atomic E-state index is -2.27. The SMILES string of the molecule is Brc1cccc(C#Cc2ccncc2)c1.C(#Cc1cccc(-c2cnccn2)c1)c1ccncc1.CCC[CH2][Sn]([CH2]CCC)([CH2]CCC)[c]1cnccn1. The van der Waals surface area contributed by atoms with E-state index in [0.29, 0.717) is 0 Å². The predicted molar refractivity (Wildman–Crippen MR) is 229 cm³/mol. The van der Waals surface area contributed by atoms with E-state index < -0.39 is 18.4 Å². The number of halogens is 1. The molecule has 6 rings (SSSR count). The van der Waals surface area contributed by atoms with Crippen LogP contribution in [0.4, 0.5) is 0 Å². The molecule has 4 heterocycles. The molecule has 0 fully saturated rings. The van der Waals surface area contributed by atoms with Crippen LogP contribution in [0.1, 0.15) is 81.5 Å². The molecule has 0 spiro atoms. The van der Waals surface area contributed by atoms with Crippen LogP contribution in [0.25, 0.3) is 11.3 Å². The van der Waals surface area contributed by atoms with Gasteiger partial charge in [0.2, 0.25) is 0 Å². The van der Waals surface area contributed by atoms with Crippen molar-refractivity contribution in [3.05, 3.63) is 161 Å². The maximum atomic E-state index is 4.74. The van der Waals surface area contributed by atoms with Gasteiger partial charge in [-0.15, -0.1) is 0 Å². The van der Waals surface area contributed by atoms with Gasteiger partial charge in [0.25, 0.3) is 0 Å². The van der Waals surface area contributed by atoms with E-state index in [4.69, 9.17) is 4.98 Å². The van der Waals surface area contributed by atoms with Gasteiger partial charge < -0.3 is 0 Å². The van der Waals surface area contributed by atoms with Crippen LogP contribution < -0.4 is 3.71 Å². The van der Waals surface area contributed by atoms with E-state index in [2.05, 4.69) is 91.5 Å². The van der Waals surface area contributed by atoms with E-state index in [0.717, 1.165) is 38.0 Å². The zero-order chi connectivity index (χ0) is 38.1. The third-order valence-corrected chi connectivity index (χ3v) is 24.3. The molecule has 0 saturated carbocycles. The first kappa shape index (κ1) is 42.0. The van der Waals surface area contributed by atoms with E-state index in [-0.39, 0.29) is 0 Å². The van der Waals surface area contributed by atoms with Gasteiger partial charge in [0.15, 0.2) is 0 Å². The molecule has 0 radical (unpaired) electrons.